The van der Waals surface area contributed by atoms with Crippen LogP contribution in [-0.2, 0) is 19.6 Å². The maximum Gasteiger partial charge on any atom is 0.326 e. The lowest BCUT2D eigenvalue weighted by Gasteiger charge is -2.24. The van der Waals surface area contributed by atoms with E-state index in [2.05, 4.69) is 4.74 Å². The van der Waals surface area contributed by atoms with Gasteiger partial charge in [0.2, 0.25) is 0 Å². The van der Waals surface area contributed by atoms with Crippen molar-refractivity contribution in [3.05, 3.63) is 48.5 Å². The summed E-state index contributed by atoms with van der Waals surface area (Å²) in [6, 6.07) is 12.4. The van der Waals surface area contributed by atoms with E-state index in [0.29, 0.717) is 17.2 Å². The lowest BCUT2D eigenvalue weighted by atomic mass is 10.3. The van der Waals surface area contributed by atoms with Crippen molar-refractivity contribution in [2.45, 2.75) is 24.8 Å². The number of ether oxygens (including phenoxy) is 3. The van der Waals surface area contributed by atoms with E-state index < -0.39 is 22.5 Å². The zero-order valence-corrected chi connectivity index (χ0v) is 16.5. The highest BCUT2D eigenvalue weighted by Crippen LogP contribution is 2.27. The lowest BCUT2D eigenvalue weighted by Crippen LogP contribution is -2.36. The van der Waals surface area contributed by atoms with E-state index >= 15 is 0 Å². The summed E-state index contributed by atoms with van der Waals surface area (Å²) in [5.74, 6) is 0.465. The number of esters is 1. The van der Waals surface area contributed by atoms with Gasteiger partial charge in [0.25, 0.3) is 10.0 Å². The molecular formula is C19H23NO6S. The molecule has 0 aliphatic carbocycles. The Morgan fingerprint density at radius 1 is 0.963 bits per heavy atom. The maximum atomic E-state index is 13.1. The summed E-state index contributed by atoms with van der Waals surface area (Å²) in [6.07, 6.45) is -0.00921. The van der Waals surface area contributed by atoms with Crippen molar-refractivity contribution in [3.8, 4) is 11.5 Å². The van der Waals surface area contributed by atoms with E-state index in [-0.39, 0.29) is 11.0 Å². The van der Waals surface area contributed by atoms with E-state index in [1.165, 1.54) is 26.4 Å². The second-order valence-electron chi connectivity index (χ2n) is 5.92. The van der Waals surface area contributed by atoms with Gasteiger partial charge in [0, 0.05) is 0 Å². The Morgan fingerprint density at radius 3 is 2.00 bits per heavy atom. The Balaban J connectivity index is 2.41. The Kier molecular flexibility index (Phi) is 6.68. The van der Waals surface area contributed by atoms with E-state index in [4.69, 9.17) is 9.47 Å². The van der Waals surface area contributed by atoms with Gasteiger partial charge in [-0.05, 0) is 62.4 Å². The summed E-state index contributed by atoms with van der Waals surface area (Å²) in [5.41, 5.74) is 0.326. The first-order valence-electron chi connectivity index (χ1n) is 8.28. The first-order chi connectivity index (χ1) is 12.8. The predicted molar refractivity (Wildman–Crippen MR) is 102 cm³/mol. The molecule has 0 spiro atoms. The summed E-state index contributed by atoms with van der Waals surface area (Å²) in [4.78, 5) is 11.9. The van der Waals surface area contributed by atoms with Crippen LogP contribution >= 0.6 is 0 Å². The molecule has 0 aromatic heterocycles. The molecule has 7 nitrogen and oxygen atoms in total. The summed E-state index contributed by atoms with van der Waals surface area (Å²) < 4.78 is 42.5. The fraction of sp³-hybridized carbons (Fsp3) is 0.316. The number of sulfonamides is 1. The van der Waals surface area contributed by atoms with Crippen LogP contribution in [0.2, 0.25) is 0 Å². The third kappa shape index (κ3) is 5.13. The van der Waals surface area contributed by atoms with E-state index in [1.807, 2.05) is 13.8 Å². The number of carbonyl (C=O) groups excluding carboxylic acids is 1. The Labute approximate surface area is 159 Å². The highest BCUT2D eigenvalue weighted by Gasteiger charge is 2.27. The van der Waals surface area contributed by atoms with Crippen LogP contribution in [-0.4, -0.2) is 41.3 Å². The van der Waals surface area contributed by atoms with Crippen molar-refractivity contribution in [1.29, 1.82) is 0 Å². The van der Waals surface area contributed by atoms with Crippen LogP contribution in [0.15, 0.2) is 53.4 Å². The molecule has 2 aromatic carbocycles. The van der Waals surface area contributed by atoms with E-state index in [0.717, 1.165) is 4.31 Å². The third-order valence-electron chi connectivity index (χ3n) is 3.64. The molecule has 0 heterocycles. The van der Waals surface area contributed by atoms with E-state index in [1.54, 1.807) is 36.4 Å². The molecule has 0 N–H and O–H groups in total. The van der Waals surface area contributed by atoms with Crippen LogP contribution in [0.4, 0.5) is 5.69 Å². The predicted octanol–water partition coefficient (Wildman–Crippen LogP) is 2.85. The maximum absolute atomic E-state index is 13.1. The van der Waals surface area contributed by atoms with Crippen molar-refractivity contribution in [2.75, 3.05) is 25.1 Å². The summed E-state index contributed by atoms with van der Waals surface area (Å²) >= 11 is 0. The highest BCUT2D eigenvalue weighted by molar-refractivity contribution is 7.92. The number of rotatable bonds is 8. The number of anilines is 1. The fourth-order valence-electron chi connectivity index (χ4n) is 2.33. The van der Waals surface area contributed by atoms with Gasteiger partial charge in [0.15, 0.2) is 0 Å². The number of hydrogen-bond donors (Lipinski definition) is 0. The standard InChI is InChI=1S/C19H23NO6S/c1-14(2)26-17-7-5-15(6-8-17)20(13-19(21)25-4)27(22,23)18-11-9-16(24-3)10-12-18/h5-12,14H,13H2,1-4H3. The second kappa shape index (κ2) is 8.77. The van der Waals surface area contributed by atoms with Gasteiger partial charge < -0.3 is 14.2 Å². The molecule has 2 rings (SSSR count). The van der Waals surface area contributed by atoms with Gasteiger partial charge in [0.1, 0.15) is 18.0 Å². The quantitative estimate of drug-likeness (QED) is 0.642. The largest absolute Gasteiger partial charge is 0.497 e. The Morgan fingerprint density at radius 2 is 1.52 bits per heavy atom. The molecular weight excluding hydrogens is 370 g/mol. The lowest BCUT2D eigenvalue weighted by molar-refractivity contribution is -0.138. The average Bonchev–Trinajstić information content (AvgIpc) is 2.66. The van der Waals surface area contributed by atoms with Crippen LogP contribution < -0.4 is 13.8 Å². The molecule has 0 unspecified atom stereocenters. The minimum absolute atomic E-state index is 0.00921. The van der Waals surface area contributed by atoms with Gasteiger partial charge in [-0.25, -0.2) is 8.42 Å². The van der Waals surface area contributed by atoms with Gasteiger partial charge in [-0.15, -0.1) is 0 Å². The van der Waals surface area contributed by atoms with Crippen molar-refractivity contribution < 1.29 is 27.4 Å². The topological polar surface area (TPSA) is 82.1 Å². The Hall–Kier alpha value is -2.74. The minimum Gasteiger partial charge on any atom is -0.497 e. The van der Waals surface area contributed by atoms with Gasteiger partial charge in [-0.3, -0.25) is 9.10 Å². The molecule has 27 heavy (non-hydrogen) atoms. The van der Waals surface area contributed by atoms with Crippen LogP contribution in [0.25, 0.3) is 0 Å². The first kappa shape index (κ1) is 20.6. The third-order valence-corrected chi connectivity index (χ3v) is 5.43. The minimum atomic E-state index is -3.98. The van der Waals surface area contributed by atoms with Crippen molar-refractivity contribution in [2.24, 2.45) is 0 Å². The molecule has 0 radical (unpaired) electrons. The van der Waals surface area contributed by atoms with Crippen LogP contribution in [0.3, 0.4) is 0 Å². The zero-order valence-electron chi connectivity index (χ0n) is 15.7. The number of nitrogens with zero attached hydrogens (tertiary/aromatic N) is 1. The summed E-state index contributed by atoms with van der Waals surface area (Å²) in [7, 11) is -1.28. The highest BCUT2D eigenvalue weighted by atomic mass is 32.2. The van der Waals surface area contributed by atoms with Crippen molar-refractivity contribution >= 4 is 21.7 Å². The number of methoxy groups -OCH3 is 2. The summed E-state index contributed by atoms with van der Waals surface area (Å²) in [6.45, 7) is 3.34. The number of hydrogen-bond acceptors (Lipinski definition) is 6. The van der Waals surface area contributed by atoms with Gasteiger partial charge >= 0.3 is 5.97 Å². The summed E-state index contributed by atoms with van der Waals surface area (Å²) in [5, 5.41) is 0. The molecule has 0 aliphatic heterocycles. The molecule has 0 amide bonds. The number of carbonyl (C=O) groups is 1. The first-order valence-corrected chi connectivity index (χ1v) is 9.72. The Bertz CT molecular complexity index is 860. The normalized spacial score (nSPS) is 11.1. The van der Waals surface area contributed by atoms with Crippen molar-refractivity contribution in [1.82, 2.24) is 0 Å². The molecule has 8 heteroatoms. The fourth-order valence-corrected chi connectivity index (χ4v) is 3.74. The molecule has 0 saturated carbocycles. The molecule has 0 bridgehead atoms. The zero-order chi connectivity index (χ0) is 20.0. The smallest absolute Gasteiger partial charge is 0.326 e. The monoisotopic (exact) mass is 393 g/mol. The molecule has 2 aromatic rings. The second-order valence-corrected chi connectivity index (χ2v) is 7.79. The molecule has 146 valence electrons. The van der Waals surface area contributed by atoms with Crippen LogP contribution in [0.5, 0.6) is 11.5 Å². The van der Waals surface area contributed by atoms with Gasteiger partial charge in [0.05, 0.1) is 30.9 Å². The molecule has 0 atom stereocenters. The molecule has 0 aliphatic rings. The number of benzene rings is 2. The molecule has 0 saturated heterocycles. The average molecular weight is 393 g/mol. The van der Waals surface area contributed by atoms with Crippen molar-refractivity contribution in [3.63, 3.8) is 0 Å². The van der Waals surface area contributed by atoms with Crippen LogP contribution in [0, 0.1) is 0 Å². The van der Waals surface area contributed by atoms with Crippen LogP contribution in [0.1, 0.15) is 13.8 Å². The van der Waals surface area contributed by atoms with Gasteiger partial charge in [-0.2, -0.15) is 0 Å². The van der Waals surface area contributed by atoms with Gasteiger partial charge in [-0.1, -0.05) is 0 Å². The SMILES string of the molecule is COC(=O)CN(c1ccc(OC(C)C)cc1)S(=O)(=O)c1ccc(OC)cc1. The van der Waals surface area contributed by atoms with E-state index in [9.17, 15) is 13.2 Å². The molecule has 0 fully saturated rings.